The normalized spacial score (nSPS) is 13.0. The zero-order valence-corrected chi connectivity index (χ0v) is 7.29. The van der Waals surface area contributed by atoms with E-state index < -0.39 is 0 Å². The van der Waals surface area contributed by atoms with Crippen LogP contribution in [-0.4, -0.2) is 30.6 Å². The molecule has 0 radical (unpaired) electrons. The summed E-state index contributed by atoms with van der Waals surface area (Å²) in [5.74, 6) is 0. The summed E-state index contributed by atoms with van der Waals surface area (Å²) in [5, 5.41) is 0. The van der Waals surface area contributed by atoms with E-state index in [1.165, 1.54) is 0 Å². The molecule has 0 bridgehead atoms. The van der Waals surface area contributed by atoms with Gasteiger partial charge in [-0.05, 0) is 6.92 Å². The Morgan fingerprint density at radius 2 is 1.82 bits per heavy atom. The van der Waals surface area contributed by atoms with Crippen LogP contribution in [-0.2, 0) is 0 Å². The molecule has 0 aromatic rings. The molecule has 0 aromatic carbocycles. The van der Waals surface area contributed by atoms with Gasteiger partial charge in [-0.25, -0.2) is 0 Å². The Morgan fingerprint density at radius 1 is 1.36 bits per heavy atom. The van der Waals surface area contributed by atoms with Gasteiger partial charge in [0.05, 0.1) is 0 Å². The summed E-state index contributed by atoms with van der Waals surface area (Å²) >= 11 is 0. The predicted molar refractivity (Wildman–Crippen MR) is 50.5 cm³/mol. The molecule has 0 aromatic heterocycles. The number of nitrogens with two attached hydrogens (primary N) is 1. The third-order valence-electron chi connectivity index (χ3n) is 1.32. The lowest BCUT2D eigenvalue weighted by Crippen LogP contribution is -2.35. The molecule has 0 aliphatic heterocycles. The third-order valence-corrected chi connectivity index (χ3v) is 1.32. The largest absolute Gasteiger partial charge is 0.327 e. The molecule has 0 aliphatic rings. The SMILES string of the molecule is C=CCN(CC=C)C[C@H](C)N. The van der Waals surface area contributed by atoms with Crippen molar-refractivity contribution in [3.8, 4) is 0 Å². The Morgan fingerprint density at radius 3 is 2.09 bits per heavy atom. The molecule has 0 rings (SSSR count). The first-order valence-electron chi connectivity index (χ1n) is 3.90. The van der Waals surface area contributed by atoms with E-state index >= 15 is 0 Å². The zero-order valence-electron chi connectivity index (χ0n) is 7.29. The van der Waals surface area contributed by atoms with Crippen LogP contribution < -0.4 is 5.73 Å². The summed E-state index contributed by atoms with van der Waals surface area (Å²) in [5.41, 5.74) is 5.64. The number of rotatable bonds is 6. The van der Waals surface area contributed by atoms with Crippen LogP contribution in [0.4, 0.5) is 0 Å². The molecule has 2 N–H and O–H groups in total. The Kier molecular flexibility index (Phi) is 5.80. The molecule has 0 aliphatic carbocycles. The Hall–Kier alpha value is -0.600. The van der Waals surface area contributed by atoms with Gasteiger partial charge < -0.3 is 5.73 Å². The zero-order chi connectivity index (χ0) is 8.69. The fourth-order valence-corrected chi connectivity index (χ4v) is 0.996. The minimum absolute atomic E-state index is 0.217. The van der Waals surface area contributed by atoms with Crippen LogP contribution in [0.5, 0.6) is 0 Å². The average Bonchev–Trinajstić information content (AvgIpc) is 1.87. The maximum absolute atomic E-state index is 5.64. The highest BCUT2D eigenvalue weighted by atomic mass is 15.1. The quantitative estimate of drug-likeness (QED) is 0.578. The Labute approximate surface area is 69.4 Å². The molecule has 0 heterocycles. The lowest BCUT2D eigenvalue weighted by atomic mass is 10.3. The van der Waals surface area contributed by atoms with Crippen LogP contribution in [0.1, 0.15) is 6.92 Å². The number of hydrogen-bond acceptors (Lipinski definition) is 2. The van der Waals surface area contributed by atoms with E-state index in [1.807, 2.05) is 19.1 Å². The van der Waals surface area contributed by atoms with Gasteiger partial charge in [-0.3, -0.25) is 4.90 Å². The van der Waals surface area contributed by atoms with Crippen LogP contribution in [0, 0.1) is 0 Å². The molecule has 0 fully saturated rings. The van der Waals surface area contributed by atoms with Crippen molar-refractivity contribution < 1.29 is 0 Å². The van der Waals surface area contributed by atoms with Gasteiger partial charge in [0.25, 0.3) is 0 Å². The maximum Gasteiger partial charge on any atom is 0.0164 e. The summed E-state index contributed by atoms with van der Waals surface area (Å²) < 4.78 is 0. The second-order valence-electron chi connectivity index (χ2n) is 2.77. The van der Waals surface area contributed by atoms with E-state index in [-0.39, 0.29) is 6.04 Å². The van der Waals surface area contributed by atoms with Gasteiger partial charge in [-0.1, -0.05) is 12.2 Å². The summed E-state index contributed by atoms with van der Waals surface area (Å²) in [4.78, 5) is 2.20. The Balaban J connectivity index is 3.67. The summed E-state index contributed by atoms with van der Waals surface area (Å²) in [6.07, 6.45) is 3.76. The molecule has 64 valence electrons. The minimum Gasteiger partial charge on any atom is -0.327 e. The van der Waals surface area contributed by atoms with Crippen LogP contribution in [0.25, 0.3) is 0 Å². The van der Waals surface area contributed by atoms with Crippen molar-refractivity contribution in [2.75, 3.05) is 19.6 Å². The molecule has 2 nitrogen and oxygen atoms in total. The second-order valence-corrected chi connectivity index (χ2v) is 2.77. The van der Waals surface area contributed by atoms with Gasteiger partial charge in [-0.2, -0.15) is 0 Å². The van der Waals surface area contributed by atoms with Crippen molar-refractivity contribution in [1.29, 1.82) is 0 Å². The minimum atomic E-state index is 0.217. The van der Waals surface area contributed by atoms with Crippen molar-refractivity contribution >= 4 is 0 Å². The van der Waals surface area contributed by atoms with Gasteiger partial charge in [0, 0.05) is 25.7 Å². The van der Waals surface area contributed by atoms with E-state index in [4.69, 9.17) is 5.73 Å². The second kappa shape index (κ2) is 6.13. The van der Waals surface area contributed by atoms with E-state index in [0.29, 0.717) is 0 Å². The van der Waals surface area contributed by atoms with Crippen molar-refractivity contribution in [2.24, 2.45) is 5.73 Å². The van der Waals surface area contributed by atoms with Gasteiger partial charge in [0.1, 0.15) is 0 Å². The monoisotopic (exact) mass is 154 g/mol. The highest BCUT2D eigenvalue weighted by molar-refractivity contribution is 4.80. The van der Waals surface area contributed by atoms with E-state index in [2.05, 4.69) is 18.1 Å². The highest BCUT2D eigenvalue weighted by Crippen LogP contribution is 1.90. The predicted octanol–water partition coefficient (Wildman–Crippen LogP) is 1.01. The van der Waals surface area contributed by atoms with E-state index in [0.717, 1.165) is 19.6 Å². The van der Waals surface area contributed by atoms with Gasteiger partial charge in [0.15, 0.2) is 0 Å². The molecule has 0 saturated heterocycles. The molecule has 0 saturated carbocycles. The summed E-state index contributed by atoms with van der Waals surface area (Å²) in [6.45, 7) is 12.0. The van der Waals surface area contributed by atoms with Gasteiger partial charge in [-0.15, -0.1) is 13.2 Å². The lowest BCUT2D eigenvalue weighted by Gasteiger charge is -2.20. The molecule has 11 heavy (non-hydrogen) atoms. The smallest absolute Gasteiger partial charge is 0.0164 e. The molecular formula is C9H18N2. The van der Waals surface area contributed by atoms with Crippen molar-refractivity contribution in [2.45, 2.75) is 13.0 Å². The summed E-state index contributed by atoms with van der Waals surface area (Å²) in [6, 6.07) is 0.217. The van der Waals surface area contributed by atoms with Crippen LogP contribution in [0.15, 0.2) is 25.3 Å². The Bertz CT molecular complexity index is 109. The molecule has 0 spiro atoms. The first-order chi connectivity index (χ1) is 5.20. The van der Waals surface area contributed by atoms with Crippen molar-refractivity contribution in [1.82, 2.24) is 4.90 Å². The lowest BCUT2D eigenvalue weighted by molar-refractivity contribution is 0.318. The van der Waals surface area contributed by atoms with Gasteiger partial charge >= 0.3 is 0 Å². The highest BCUT2D eigenvalue weighted by Gasteiger charge is 2.02. The van der Waals surface area contributed by atoms with Crippen molar-refractivity contribution in [3.63, 3.8) is 0 Å². The first-order valence-corrected chi connectivity index (χ1v) is 3.90. The number of nitrogens with zero attached hydrogens (tertiary/aromatic N) is 1. The molecule has 1 atom stereocenters. The topological polar surface area (TPSA) is 29.3 Å². The summed E-state index contributed by atoms with van der Waals surface area (Å²) in [7, 11) is 0. The molecule has 0 unspecified atom stereocenters. The van der Waals surface area contributed by atoms with Gasteiger partial charge in [0.2, 0.25) is 0 Å². The maximum atomic E-state index is 5.64. The number of hydrogen-bond donors (Lipinski definition) is 1. The van der Waals surface area contributed by atoms with Crippen LogP contribution in [0.3, 0.4) is 0 Å². The molecule has 2 heteroatoms. The molecular weight excluding hydrogens is 136 g/mol. The van der Waals surface area contributed by atoms with Crippen LogP contribution in [0.2, 0.25) is 0 Å². The first kappa shape index (κ1) is 10.4. The van der Waals surface area contributed by atoms with Crippen molar-refractivity contribution in [3.05, 3.63) is 25.3 Å². The van der Waals surface area contributed by atoms with Crippen LogP contribution >= 0.6 is 0 Å². The standard InChI is InChI=1S/C9H18N2/c1-4-6-11(7-5-2)8-9(3)10/h4-5,9H,1-2,6-8,10H2,3H3/t9-/m0/s1. The molecule has 0 amide bonds. The fourth-order valence-electron chi connectivity index (χ4n) is 0.996. The average molecular weight is 154 g/mol. The van der Waals surface area contributed by atoms with E-state index in [9.17, 15) is 0 Å². The third kappa shape index (κ3) is 5.83. The van der Waals surface area contributed by atoms with E-state index in [1.54, 1.807) is 0 Å². The fraction of sp³-hybridized carbons (Fsp3) is 0.556.